The standard InChI is InChI=1S/C17H20O4/c1-20-16-10-13(6-7-15(16)17(19)21-2)8-12-4-3-5-14(9-12)11-18/h3-5,9-11,15-16H,6-8H2,1-2H3/t15-,16-/m0/s1. The molecule has 0 saturated heterocycles. The van der Waals surface area contributed by atoms with Crippen LogP contribution in [0.4, 0.5) is 0 Å². The first-order chi connectivity index (χ1) is 10.2. The summed E-state index contributed by atoms with van der Waals surface area (Å²) in [6, 6.07) is 7.56. The first-order valence-electron chi connectivity index (χ1n) is 7.02. The van der Waals surface area contributed by atoms with E-state index in [1.54, 1.807) is 13.2 Å². The minimum absolute atomic E-state index is 0.222. The van der Waals surface area contributed by atoms with Gasteiger partial charge in [0.25, 0.3) is 0 Å². The van der Waals surface area contributed by atoms with Crippen LogP contribution in [-0.4, -0.2) is 32.6 Å². The van der Waals surface area contributed by atoms with Gasteiger partial charge in [-0.3, -0.25) is 9.59 Å². The summed E-state index contributed by atoms with van der Waals surface area (Å²) in [6.07, 6.45) is 4.96. The number of hydrogen-bond donors (Lipinski definition) is 0. The van der Waals surface area contributed by atoms with Crippen LogP contribution in [-0.2, 0) is 20.7 Å². The molecule has 0 aliphatic heterocycles. The summed E-state index contributed by atoms with van der Waals surface area (Å²) >= 11 is 0. The molecule has 0 aromatic heterocycles. The second kappa shape index (κ2) is 7.18. The minimum atomic E-state index is -0.240. The van der Waals surface area contributed by atoms with Crippen LogP contribution < -0.4 is 0 Å². The fourth-order valence-electron chi connectivity index (χ4n) is 2.76. The lowest BCUT2D eigenvalue weighted by Gasteiger charge is -2.27. The first kappa shape index (κ1) is 15.4. The molecule has 1 aliphatic rings. The molecule has 0 radical (unpaired) electrons. The number of methoxy groups -OCH3 is 2. The molecule has 1 aromatic rings. The van der Waals surface area contributed by atoms with Crippen LogP contribution in [0.25, 0.3) is 0 Å². The molecule has 4 nitrogen and oxygen atoms in total. The summed E-state index contributed by atoms with van der Waals surface area (Å²) < 4.78 is 10.2. The number of carbonyl (C=O) groups is 2. The Morgan fingerprint density at radius 3 is 2.86 bits per heavy atom. The highest BCUT2D eigenvalue weighted by Gasteiger charge is 2.31. The maximum Gasteiger partial charge on any atom is 0.311 e. The van der Waals surface area contributed by atoms with Crippen molar-refractivity contribution in [2.75, 3.05) is 14.2 Å². The topological polar surface area (TPSA) is 52.6 Å². The third-order valence-corrected chi connectivity index (χ3v) is 3.87. The second-order valence-corrected chi connectivity index (χ2v) is 5.23. The highest BCUT2D eigenvalue weighted by atomic mass is 16.5. The Bertz CT molecular complexity index is 547. The van der Waals surface area contributed by atoms with E-state index in [1.807, 2.05) is 24.3 Å². The molecule has 1 aromatic carbocycles. The molecule has 112 valence electrons. The van der Waals surface area contributed by atoms with Crippen LogP contribution in [0.5, 0.6) is 0 Å². The van der Waals surface area contributed by atoms with Crippen LogP contribution >= 0.6 is 0 Å². The lowest BCUT2D eigenvalue weighted by molar-refractivity contribution is -0.149. The number of esters is 1. The molecule has 21 heavy (non-hydrogen) atoms. The number of ether oxygens (including phenoxy) is 2. The lowest BCUT2D eigenvalue weighted by atomic mass is 9.85. The van der Waals surface area contributed by atoms with Gasteiger partial charge >= 0.3 is 5.97 Å². The van der Waals surface area contributed by atoms with Crippen molar-refractivity contribution in [2.24, 2.45) is 5.92 Å². The van der Waals surface area contributed by atoms with Gasteiger partial charge < -0.3 is 9.47 Å². The van der Waals surface area contributed by atoms with Gasteiger partial charge in [-0.15, -0.1) is 0 Å². The van der Waals surface area contributed by atoms with Crippen LogP contribution in [0.2, 0.25) is 0 Å². The van der Waals surface area contributed by atoms with E-state index in [-0.39, 0.29) is 18.0 Å². The predicted octanol–water partition coefficient (Wildman–Crippen LogP) is 2.57. The molecule has 0 amide bonds. The normalized spacial score (nSPS) is 21.5. The molecule has 0 heterocycles. The fraction of sp³-hybridized carbons (Fsp3) is 0.412. The Balaban J connectivity index is 2.12. The van der Waals surface area contributed by atoms with Crippen molar-refractivity contribution >= 4 is 12.3 Å². The Morgan fingerprint density at radius 1 is 1.38 bits per heavy atom. The highest BCUT2D eigenvalue weighted by Crippen LogP contribution is 2.28. The smallest absolute Gasteiger partial charge is 0.311 e. The van der Waals surface area contributed by atoms with E-state index >= 15 is 0 Å². The number of aldehydes is 1. The van der Waals surface area contributed by atoms with E-state index < -0.39 is 0 Å². The molecule has 0 fully saturated rings. The molecule has 4 heteroatoms. The highest BCUT2D eigenvalue weighted by molar-refractivity contribution is 5.75. The van der Waals surface area contributed by atoms with Crippen LogP contribution in [0, 0.1) is 5.92 Å². The van der Waals surface area contributed by atoms with Gasteiger partial charge in [0, 0.05) is 12.7 Å². The molecule has 0 bridgehead atoms. The van der Waals surface area contributed by atoms with Crippen molar-refractivity contribution in [3.8, 4) is 0 Å². The summed E-state index contributed by atoms with van der Waals surface area (Å²) in [6.45, 7) is 0. The number of carbonyl (C=O) groups excluding carboxylic acids is 2. The van der Waals surface area contributed by atoms with E-state index in [0.29, 0.717) is 5.56 Å². The summed E-state index contributed by atoms with van der Waals surface area (Å²) in [5.74, 6) is -0.454. The van der Waals surface area contributed by atoms with Crippen molar-refractivity contribution in [2.45, 2.75) is 25.4 Å². The van der Waals surface area contributed by atoms with Gasteiger partial charge in [0.15, 0.2) is 0 Å². The Kier molecular flexibility index (Phi) is 5.28. The van der Waals surface area contributed by atoms with Gasteiger partial charge in [0.05, 0.1) is 19.1 Å². The van der Waals surface area contributed by atoms with Gasteiger partial charge in [0.1, 0.15) is 6.29 Å². The zero-order valence-electron chi connectivity index (χ0n) is 12.4. The fourth-order valence-corrected chi connectivity index (χ4v) is 2.76. The number of rotatable bonds is 5. The molecular weight excluding hydrogens is 268 g/mol. The number of allylic oxidation sites excluding steroid dienone is 1. The zero-order valence-corrected chi connectivity index (χ0v) is 12.4. The Hall–Kier alpha value is -1.94. The Labute approximate surface area is 124 Å². The van der Waals surface area contributed by atoms with Gasteiger partial charge in [-0.25, -0.2) is 0 Å². The van der Waals surface area contributed by atoms with E-state index in [0.717, 1.165) is 31.1 Å². The van der Waals surface area contributed by atoms with E-state index in [2.05, 4.69) is 0 Å². The SMILES string of the molecule is COC(=O)[C@H]1CCC(Cc2cccc(C=O)c2)=C[C@@H]1OC. The quantitative estimate of drug-likeness (QED) is 0.475. The van der Waals surface area contributed by atoms with E-state index in [1.165, 1.54) is 12.7 Å². The second-order valence-electron chi connectivity index (χ2n) is 5.23. The molecule has 0 saturated carbocycles. The largest absolute Gasteiger partial charge is 0.469 e. The summed E-state index contributed by atoms with van der Waals surface area (Å²) in [5, 5.41) is 0. The van der Waals surface area contributed by atoms with Crippen molar-refractivity contribution < 1.29 is 19.1 Å². The van der Waals surface area contributed by atoms with E-state index in [9.17, 15) is 9.59 Å². The Morgan fingerprint density at radius 2 is 2.19 bits per heavy atom. The maximum absolute atomic E-state index is 11.7. The van der Waals surface area contributed by atoms with E-state index in [4.69, 9.17) is 9.47 Å². The molecule has 0 spiro atoms. The molecule has 1 aliphatic carbocycles. The molecular formula is C17H20O4. The average molecular weight is 288 g/mol. The van der Waals surface area contributed by atoms with Crippen molar-refractivity contribution in [1.82, 2.24) is 0 Å². The van der Waals surface area contributed by atoms with Gasteiger partial charge in [-0.05, 0) is 30.9 Å². The molecule has 2 rings (SSSR count). The van der Waals surface area contributed by atoms with Gasteiger partial charge in [-0.2, -0.15) is 0 Å². The third kappa shape index (κ3) is 3.79. The summed E-state index contributed by atoms with van der Waals surface area (Å²) in [5.41, 5.74) is 3.00. The molecule has 0 N–H and O–H groups in total. The predicted molar refractivity (Wildman–Crippen MR) is 79.2 cm³/mol. The van der Waals surface area contributed by atoms with Crippen molar-refractivity contribution in [3.05, 3.63) is 47.0 Å². The average Bonchev–Trinajstić information content (AvgIpc) is 2.54. The zero-order chi connectivity index (χ0) is 15.2. The lowest BCUT2D eigenvalue weighted by Crippen LogP contribution is -2.32. The first-order valence-corrected chi connectivity index (χ1v) is 7.02. The molecule has 0 unspecified atom stereocenters. The van der Waals surface area contributed by atoms with Crippen molar-refractivity contribution in [3.63, 3.8) is 0 Å². The maximum atomic E-state index is 11.7. The summed E-state index contributed by atoms with van der Waals surface area (Å²) in [7, 11) is 3.01. The van der Waals surface area contributed by atoms with Crippen LogP contribution in [0.1, 0.15) is 28.8 Å². The van der Waals surface area contributed by atoms with Gasteiger partial charge in [0.2, 0.25) is 0 Å². The minimum Gasteiger partial charge on any atom is -0.469 e. The number of benzene rings is 1. The van der Waals surface area contributed by atoms with Crippen LogP contribution in [0.3, 0.4) is 0 Å². The summed E-state index contributed by atoms with van der Waals surface area (Å²) in [4.78, 5) is 22.5. The number of hydrogen-bond acceptors (Lipinski definition) is 4. The van der Waals surface area contributed by atoms with Gasteiger partial charge in [-0.1, -0.05) is 29.8 Å². The monoisotopic (exact) mass is 288 g/mol. The molecule has 2 atom stereocenters. The van der Waals surface area contributed by atoms with Crippen molar-refractivity contribution in [1.29, 1.82) is 0 Å². The van der Waals surface area contributed by atoms with Crippen LogP contribution in [0.15, 0.2) is 35.9 Å². The third-order valence-electron chi connectivity index (χ3n) is 3.87.